The van der Waals surface area contributed by atoms with E-state index < -0.39 is 5.97 Å². The Labute approximate surface area is 72.6 Å². The minimum atomic E-state index is -0.745. The summed E-state index contributed by atoms with van der Waals surface area (Å²) in [5.74, 6) is -0.745. The Hall–Kier alpha value is -0.610. The third-order valence-electron chi connectivity index (χ3n) is 1.61. The predicted octanol–water partition coefficient (Wildman–Crippen LogP) is 0.212. The Balaban J connectivity index is 0.000000217. The van der Waals surface area contributed by atoms with Crippen molar-refractivity contribution in [2.75, 3.05) is 13.1 Å². The van der Waals surface area contributed by atoms with Crippen LogP contribution >= 0.6 is 0 Å². The lowest BCUT2D eigenvalue weighted by molar-refractivity contribution is -0.136. The van der Waals surface area contributed by atoms with Crippen LogP contribution in [0.5, 0.6) is 0 Å². The van der Waals surface area contributed by atoms with Gasteiger partial charge in [-0.2, -0.15) is 0 Å². The monoisotopic (exact) mass is 175 g/mol. The van der Waals surface area contributed by atoms with E-state index in [-0.39, 0.29) is 12.5 Å². The molecule has 1 saturated heterocycles. The number of aliphatic hydroxyl groups excluding tert-OH is 1. The molecule has 0 aromatic carbocycles. The van der Waals surface area contributed by atoms with Crippen molar-refractivity contribution in [3.8, 4) is 0 Å². The zero-order chi connectivity index (χ0) is 9.40. The van der Waals surface area contributed by atoms with Crippen LogP contribution in [-0.2, 0) is 4.79 Å². The molecule has 4 nitrogen and oxygen atoms in total. The van der Waals surface area contributed by atoms with Gasteiger partial charge in [-0.1, -0.05) is 6.92 Å². The Bertz CT molecular complexity index is 121. The first-order valence-corrected chi connectivity index (χ1v) is 4.27. The topological polar surface area (TPSA) is 69.6 Å². The number of rotatable bonds is 1. The van der Waals surface area contributed by atoms with Crippen LogP contribution in [0, 0.1) is 0 Å². The van der Waals surface area contributed by atoms with Crippen LogP contribution in [0.25, 0.3) is 0 Å². The van der Waals surface area contributed by atoms with Gasteiger partial charge in [-0.25, -0.2) is 0 Å². The number of carbonyl (C=O) groups is 1. The van der Waals surface area contributed by atoms with Crippen molar-refractivity contribution >= 4 is 5.97 Å². The van der Waals surface area contributed by atoms with E-state index in [4.69, 9.17) is 10.2 Å². The van der Waals surface area contributed by atoms with Gasteiger partial charge in [-0.15, -0.1) is 0 Å². The normalized spacial score (nSPS) is 17.8. The zero-order valence-corrected chi connectivity index (χ0v) is 7.42. The third kappa shape index (κ3) is 7.50. The van der Waals surface area contributed by atoms with Crippen molar-refractivity contribution in [3.05, 3.63) is 0 Å². The Kier molecular flexibility index (Phi) is 6.70. The molecule has 72 valence electrons. The smallest absolute Gasteiger partial charge is 0.303 e. The van der Waals surface area contributed by atoms with Crippen molar-refractivity contribution in [1.29, 1.82) is 0 Å². The van der Waals surface area contributed by atoms with Crippen LogP contribution in [0.1, 0.15) is 26.2 Å². The number of hydrogen-bond donors (Lipinski definition) is 3. The van der Waals surface area contributed by atoms with Crippen molar-refractivity contribution in [2.24, 2.45) is 0 Å². The van der Waals surface area contributed by atoms with Crippen LogP contribution in [-0.4, -0.2) is 35.4 Å². The first-order valence-electron chi connectivity index (χ1n) is 4.27. The highest BCUT2D eigenvalue weighted by Crippen LogP contribution is 1.99. The van der Waals surface area contributed by atoms with Gasteiger partial charge in [0.1, 0.15) is 0 Å². The van der Waals surface area contributed by atoms with Crippen LogP contribution in [0.2, 0.25) is 0 Å². The zero-order valence-electron chi connectivity index (χ0n) is 7.42. The van der Waals surface area contributed by atoms with Gasteiger partial charge in [0.15, 0.2) is 0 Å². The highest BCUT2D eigenvalue weighted by Gasteiger charge is 2.06. The Morgan fingerprint density at radius 1 is 1.50 bits per heavy atom. The second-order valence-electron chi connectivity index (χ2n) is 2.73. The quantitative estimate of drug-likeness (QED) is 0.533. The molecule has 0 amide bonds. The molecule has 1 fully saturated rings. The molecule has 0 radical (unpaired) electrons. The summed E-state index contributed by atoms with van der Waals surface area (Å²) in [6.45, 7) is 3.57. The highest BCUT2D eigenvalue weighted by atomic mass is 16.4. The summed E-state index contributed by atoms with van der Waals surface area (Å²) in [7, 11) is 0. The first-order chi connectivity index (χ1) is 5.66. The van der Waals surface area contributed by atoms with Gasteiger partial charge < -0.3 is 15.5 Å². The Morgan fingerprint density at radius 3 is 2.08 bits per heavy atom. The average Bonchev–Trinajstić information content (AvgIpc) is 2.07. The molecular formula is C8H17NO3. The van der Waals surface area contributed by atoms with E-state index in [9.17, 15) is 4.79 Å². The molecule has 0 spiro atoms. The fourth-order valence-corrected chi connectivity index (χ4v) is 0.807. The summed E-state index contributed by atoms with van der Waals surface area (Å²) < 4.78 is 0. The first kappa shape index (κ1) is 11.4. The molecule has 0 atom stereocenters. The van der Waals surface area contributed by atoms with E-state index in [0.717, 1.165) is 25.9 Å². The number of aliphatic carboxylic acids is 1. The third-order valence-corrected chi connectivity index (χ3v) is 1.61. The number of carboxylic acids is 1. The molecular weight excluding hydrogens is 158 g/mol. The molecule has 0 aromatic heterocycles. The number of hydrogen-bond acceptors (Lipinski definition) is 3. The highest BCUT2D eigenvalue weighted by molar-refractivity contribution is 5.66. The summed E-state index contributed by atoms with van der Waals surface area (Å²) in [5.41, 5.74) is 0. The molecule has 1 aliphatic rings. The molecule has 0 aromatic rings. The van der Waals surface area contributed by atoms with E-state index in [1.165, 1.54) is 0 Å². The van der Waals surface area contributed by atoms with Crippen molar-refractivity contribution in [3.63, 3.8) is 0 Å². The molecule has 1 heterocycles. The van der Waals surface area contributed by atoms with Crippen LogP contribution in [0.4, 0.5) is 0 Å². The van der Waals surface area contributed by atoms with E-state index >= 15 is 0 Å². The van der Waals surface area contributed by atoms with Gasteiger partial charge in [0.25, 0.3) is 0 Å². The van der Waals surface area contributed by atoms with E-state index in [1.807, 2.05) is 0 Å². The Morgan fingerprint density at radius 2 is 1.92 bits per heavy atom. The van der Waals surface area contributed by atoms with E-state index in [0.29, 0.717) is 0 Å². The minimum absolute atomic E-state index is 0.0266. The SMILES string of the molecule is CCC(=O)O.OC1CCNCC1. The van der Waals surface area contributed by atoms with Crippen LogP contribution in [0.3, 0.4) is 0 Å². The fraction of sp³-hybridized carbons (Fsp3) is 0.875. The summed E-state index contributed by atoms with van der Waals surface area (Å²) in [6.07, 6.45) is 2.06. The average molecular weight is 175 g/mol. The lowest BCUT2D eigenvalue weighted by Gasteiger charge is -2.16. The number of carboxylic acid groups (broad SMARTS) is 1. The maximum Gasteiger partial charge on any atom is 0.303 e. The molecule has 0 bridgehead atoms. The van der Waals surface area contributed by atoms with Gasteiger partial charge in [0.05, 0.1) is 6.10 Å². The maximum atomic E-state index is 9.37. The second-order valence-corrected chi connectivity index (χ2v) is 2.73. The van der Waals surface area contributed by atoms with Crippen LogP contribution in [0.15, 0.2) is 0 Å². The van der Waals surface area contributed by atoms with Crippen molar-refractivity contribution < 1.29 is 15.0 Å². The number of nitrogens with one attached hydrogen (secondary N) is 1. The second kappa shape index (κ2) is 7.06. The standard InChI is InChI=1S/C5H11NO.C3H6O2/c7-5-1-3-6-4-2-5;1-2-3(4)5/h5-7H,1-4H2;2H2,1H3,(H,4,5). The summed E-state index contributed by atoms with van der Waals surface area (Å²) in [5, 5.41) is 19.7. The summed E-state index contributed by atoms with van der Waals surface area (Å²) in [4.78, 5) is 9.37. The lowest BCUT2D eigenvalue weighted by Crippen LogP contribution is -2.30. The van der Waals surface area contributed by atoms with Gasteiger partial charge in [-0.3, -0.25) is 4.79 Å². The predicted molar refractivity (Wildman–Crippen MR) is 46.0 cm³/mol. The maximum absolute atomic E-state index is 9.37. The molecule has 3 N–H and O–H groups in total. The molecule has 0 aliphatic carbocycles. The van der Waals surface area contributed by atoms with Crippen molar-refractivity contribution in [1.82, 2.24) is 5.32 Å². The van der Waals surface area contributed by atoms with Gasteiger partial charge in [0.2, 0.25) is 0 Å². The molecule has 0 unspecified atom stereocenters. The lowest BCUT2D eigenvalue weighted by atomic mass is 10.1. The van der Waals surface area contributed by atoms with Gasteiger partial charge in [0, 0.05) is 6.42 Å². The van der Waals surface area contributed by atoms with Gasteiger partial charge >= 0.3 is 5.97 Å². The molecule has 1 aliphatic heterocycles. The fourth-order valence-electron chi connectivity index (χ4n) is 0.807. The van der Waals surface area contributed by atoms with Gasteiger partial charge in [-0.05, 0) is 25.9 Å². The minimum Gasteiger partial charge on any atom is -0.481 e. The van der Waals surface area contributed by atoms with E-state index in [2.05, 4.69) is 5.32 Å². The molecule has 0 saturated carbocycles. The van der Waals surface area contributed by atoms with Crippen molar-refractivity contribution in [2.45, 2.75) is 32.3 Å². The molecule has 1 rings (SSSR count). The summed E-state index contributed by atoms with van der Waals surface area (Å²) in [6, 6.07) is 0. The summed E-state index contributed by atoms with van der Waals surface area (Å²) >= 11 is 0. The number of piperidine rings is 1. The molecule has 12 heavy (non-hydrogen) atoms. The van der Waals surface area contributed by atoms with Crippen LogP contribution < -0.4 is 5.32 Å². The largest absolute Gasteiger partial charge is 0.481 e. The molecule has 4 heteroatoms. The number of aliphatic hydroxyl groups is 1. The van der Waals surface area contributed by atoms with E-state index in [1.54, 1.807) is 6.92 Å².